The lowest BCUT2D eigenvalue weighted by Crippen LogP contribution is -1.94. The highest BCUT2D eigenvalue weighted by molar-refractivity contribution is 5.22. The van der Waals surface area contributed by atoms with Gasteiger partial charge in [0.15, 0.2) is 0 Å². The van der Waals surface area contributed by atoms with Gasteiger partial charge in [-0.3, -0.25) is 0 Å². The van der Waals surface area contributed by atoms with Crippen LogP contribution in [0.25, 0.3) is 0 Å². The van der Waals surface area contributed by atoms with E-state index in [9.17, 15) is 0 Å². The van der Waals surface area contributed by atoms with Crippen molar-refractivity contribution in [3.8, 4) is 5.75 Å². The van der Waals surface area contributed by atoms with Crippen LogP contribution in [-0.2, 0) is 11.3 Å². The summed E-state index contributed by atoms with van der Waals surface area (Å²) in [6.07, 6.45) is 0. The average molecular weight is 228 g/mol. The van der Waals surface area contributed by atoms with Gasteiger partial charge in [-0.25, -0.2) is 0 Å². The summed E-state index contributed by atoms with van der Waals surface area (Å²) in [5.41, 5.74) is 1.19. The summed E-state index contributed by atoms with van der Waals surface area (Å²) >= 11 is 0. The molecule has 0 spiro atoms. The Hall–Kier alpha value is -1.80. The number of hydrogen-bond donors (Lipinski definition) is 0. The molecule has 1 heterocycles. The zero-order chi connectivity index (χ0) is 11.8. The van der Waals surface area contributed by atoms with Crippen molar-refractivity contribution in [3.05, 3.63) is 66.2 Å². The molecule has 2 heteroatoms. The number of para-hydroxylation sites is 1. The number of rotatable bonds is 3. The molecule has 0 amide bonds. The Bertz CT molecular complexity index is 367. The molecule has 2 aromatic carbocycles. The summed E-state index contributed by atoms with van der Waals surface area (Å²) in [6.45, 7) is 2.63. The van der Waals surface area contributed by atoms with Gasteiger partial charge in [0.25, 0.3) is 0 Å². The molecule has 1 aliphatic rings. The van der Waals surface area contributed by atoms with E-state index in [1.165, 1.54) is 5.56 Å². The number of hydrogen-bond acceptors (Lipinski definition) is 2. The molecule has 3 rings (SSSR count). The number of benzene rings is 2. The Morgan fingerprint density at radius 3 is 1.88 bits per heavy atom. The maximum Gasteiger partial charge on any atom is 0.119 e. The van der Waals surface area contributed by atoms with Crippen LogP contribution in [0.1, 0.15) is 5.56 Å². The third-order valence-electron chi connectivity index (χ3n) is 2.20. The molecule has 88 valence electrons. The standard InChI is InChI=1S/C13H12O.C2H4O/c1-3-7-12(8-4-1)11-14-13-9-5-2-6-10-13;1-2-3-1/h1-10H,11H2;1-2H2. The first-order valence-corrected chi connectivity index (χ1v) is 5.75. The molecule has 0 radical (unpaired) electrons. The number of ether oxygens (including phenoxy) is 2. The van der Waals surface area contributed by atoms with Gasteiger partial charge in [-0.2, -0.15) is 0 Å². The van der Waals surface area contributed by atoms with Crippen molar-refractivity contribution in [2.75, 3.05) is 13.2 Å². The largest absolute Gasteiger partial charge is 0.489 e. The lowest BCUT2D eigenvalue weighted by molar-refractivity contribution is 0.306. The van der Waals surface area contributed by atoms with Crippen LogP contribution in [0.5, 0.6) is 5.75 Å². The van der Waals surface area contributed by atoms with E-state index in [0.29, 0.717) is 6.61 Å². The zero-order valence-electron chi connectivity index (χ0n) is 9.71. The van der Waals surface area contributed by atoms with E-state index >= 15 is 0 Å². The molecule has 0 N–H and O–H groups in total. The highest BCUT2D eigenvalue weighted by atomic mass is 16.6. The molecular formula is C15H16O2. The Balaban J connectivity index is 0.000000313. The van der Waals surface area contributed by atoms with E-state index in [-0.39, 0.29) is 0 Å². The van der Waals surface area contributed by atoms with Gasteiger partial charge < -0.3 is 9.47 Å². The first-order chi connectivity index (χ1) is 8.45. The van der Waals surface area contributed by atoms with Gasteiger partial charge in [0.2, 0.25) is 0 Å². The first-order valence-electron chi connectivity index (χ1n) is 5.75. The van der Waals surface area contributed by atoms with Gasteiger partial charge in [-0.1, -0.05) is 48.5 Å². The van der Waals surface area contributed by atoms with Crippen molar-refractivity contribution in [1.29, 1.82) is 0 Å². The van der Waals surface area contributed by atoms with Crippen molar-refractivity contribution in [3.63, 3.8) is 0 Å². The summed E-state index contributed by atoms with van der Waals surface area (Å²) in [6, 6.07) is 20.0. The zero-order valence-corrected chi connectivity index (χ0v) is 9.71. The summed E-state index contributed by atoms with van der Waals surface area (Å²) in [4.78, 5) is 0. The van der Waals surface area contributed by atoms with Crippen LogP contribution >= 0.6 is 0 Å². The molecule has 0 bridgehead atoms. The topological polar surface area (TPSA) is 21.8 Å². The van der Waals surface area contributed by atoms with E-state index in [1.807, 2.05) is 48.5 Å². The molecule has 1 saturated heterocycles. The van der Waals surface area contributed by atoms with Crippen molar-refractivity contribution in [1.82, 2.24) is 0 Å². The maximum atomic E-state index is 5.59. The monoisotopic (exact) mass is 228 g/mol. The van der Waals surface area contributed by atoms with Gasteiger partial charge in [0.05, 0.1) is 13.2 Å². The van der Waals surface area contributed by atoms with E-state index < -0.39 is 0 Å². The lowest BCUT2D eigenvalue weighted by Gasteiger charge is -2.05. The fourth-order valence-electron chi connectivity index (χ4n) is 1.26. The van der Waals surface area contributed by atoms with Crippen LogP contribution in [0.15, 0.2) is 60.7 Å². The first kappa shape index (κ1) is 11.7. The van der Waals surface area contributed by atoms with Crippen molar-refractivity contribution in [2.45, 2.75) is 6.61 Å². The van der Waals surface area contributed by atoms with Gasteiger partial charge in [-0.15, -0.1) is 0 Å². The molecule has 17 heavy (non-hydrogen) atoms. The molecule has 0 atom stereocenters. The second kappa shape index (κ2) is 6.71. The summed E-state index contributed by atoms with van der Waals surface area (Å²) < 4.78 is 10.1. The third-order valence-corrected chi connectivity index (χ3v) is 2.20. The fraction of sp³-hybridized carbons (Fsp3) is 0.200. The summed E-state index contributed by atoms with van der Waals surface area (Å²) in [5.74, 6) is 0.913. The highest BCUT2D eigenvalue weighted by Gasteiger charge is 1.94. The van der Waals surface area contributed by atoms with Crippen molar-refractivity contribution < 1.29 is 9.47 Å². The smallest absolute Gasteiger partial charge is 0.119 e. The SMILES string of the molecule is C1CO1.c1ccc(COc2ccccc2)cc1. The van der Waals surface area contributed by atoms with Crippen molar-refractivity contribution in [2.24, 2.45) is 0 Å². The second-order valence-electron chi connectivity index (χ2n) is 3.70. The Labute approximate surface area is 102 Å². The molecular weight excluding hydrogens is 212 g/mol. The molecule has 0 unspecified atom stereocenters. The summed E-state index contributed by atoms with van der Waals surface area (Å²) in [5, 5.41) is 0. The highest BCUT2D eigenvalue weighted by Crippen LogP contribution is 2.10. The molecule has 1 fully saturated rings. The van der Waals surface area contributed by atoms with Gasteiger partial charge in [0.1, 0.15) is 12.4 Å². The molecule has 2 nitrogen and oxygen atoms in total. The van der Waals surface area contributed by atoms with Crippen LogP contribution in [0.4, 0.5) is 0 Å². The average Bonchev–Trinajstić information content (AvgIpc) is 3.27. The van der Waals surface area contributed by atoms with Crippen molar-refractivity contribution >= 4 is 0 Å². The molecule has 2 aromatic rings. The van der Waals surface area contributed by atoms with Gasteiger partial charge in [-0.05, 0) is 17.7 Å². The summed E-state index contributed by atoms with van der Waals surface area (Å²) in [7, 11) is 0. The van der Waals surface area contributed by atoms with Crippen LogP contribution in [0, 0.1) is 0 Å². The molecule has 1 aliphatic heterocycles. The Morgan fingerprint density at radius 1 is 0.824 bits per heavy atom. The Morgan fingerprint density at radius 2 is 1.35 bits per heavy atom. The molecule has 0 aromatic heterocycles. The molecule has 0 saturated carbocycles. The number of epoxide rings is 1. The van der Waals surface area contributed by atoms with E-state index in [0.717, 1.165) is 19.0 Å². The molecule has 0 aliphatic carbocycles. The van der Waals surface area contributed by atoms with E-state index in [1.54, 1.807) is 0 Å². The minimum atomic E-state index is 0.630. The van der Waals surface area contributed by atoms with Crippen LogP contribution in [0.2, 0.25) is 0 Å². The minimum Gasteiger partial charge on any atom is -0.489 e. The minimum absolute atomic E-state index is 0.630. The predicted molar refractivity (Wildman–Crippen MR) is 68.0 cm³/mol. The second-order valence-corrected chi connectivity index (χ2v) is 3.70. The van der Waals surface area contributed by atoms with Gasteiger partial charge in [0, 0.05) is 0 Å². The maximum absolute atomic E-state index is 5.59. The Kier molecular flexibility index (Phi) is 4.61. The fourth-order valence-corrected chi connectivity index (χ4v) is 1.26. The van der Waals surface area contributed by atoms with E-state index in [4.69, 9.17) is 4.74 Å². The predicted octanol–water partition coefficient (Wildman–Crippen LogP) is 3.28. The van der Waals surface area contributed by atoms with Crippen LogP contribution < -0.4 is 4.74 Å². The van der Waals surface area contributed by atoms with Gasteiger partial charge >= 0.3 is 0 Å². The lowest BCUT2D eigenvalue weighted by atomic mass is 10.2. The quantitative estimate of drug-likeness (QED) is 0.752. The van der Waals surface area contributed by atoms with E-state index in [2.05, 4.69) is 16.9 Å². The van der Waals surface area contributed by atoms with Crippen LogP contribution in [-0.4, -0.2) is 13.2 Å². The normalized spacial score (nSPS) is 12.2. The third kappa shape index (κ3) is 5.18. The van der Waals surface area contributed by atoms with Crippen LogP contribution in [0.3, 0.4) is 0 Å².